The first kappa shape index (κ1) is 20.3. The van der Waals surface area contributed by atoms with Gasteiger partial charge in [-0.25, -0.2) is 4.98 Å². The van der Waals surface area contributed by atoms with Crippen LogP contribution in [0.2, 0.25) is 0 Å². The number of nitrogens with zero attached hydrogens (tertiary/aromatic N) is 2. The van der Waals surface area contributed by atoms with E-state index in [0.29, 0.717) is 23.3 Å². The average molecular weight is 414 g/mol. The van der Waals surface area contributed by atoms with Crippen LogP contribution in [-0.2, 0) is 6.54 Å². The molecule has 1 atom stereocenters. The van der Waals surface area contributed by atoms with Gasteiger partial charge >= 0.3 is 11.1 Å². The van der Waals surface area contributed by atoms with E-state index in [1.807, 2.05) is 30.3 Å². The van der Waals surface area contributed by atoms with E-state index in [0.717, 1.165) is 5.56 Å². The molecule has 0 bridgehead atoms. The van der Waals surface area contributed by atoms with Gasteiger partial charge < -0.3 is 10.3 Å². The van der Waals surface area contributed by atoms with Crippen molar-refractivity contribution in [3.63, 3.8) is 0 Å². The van der Waals surface area contributed by atoms with E-state index >= 15 is 0 Å². The largest absolute Gasteiger partial charge is 0.351 e. The highest BCUT2D eigenvalue weighted by atomic mass is 16.2. The summed E-state index contributed by atoms with van der Waals surface area (Å²) in [6.07, 6.45) is 1.57. The Morgan fingerprint density at radius 2 is 1.77 bits per heavy atom. The fourth-order valence-corrected chi connectivity index (χ4v) is 3.44. The first-order chi connectivity index (χ1) is 15.0. The number of fused-ring (bicyclic) bond motifs is 1. The van der Waals surface area contributed by atoms with E-state index in [9.17, 15) is 14.4 Å². The zero-order valence-corrected chi connectivity index (χ0v) is 17.0. The van der Waals surface area contributed by atoms with Crippen LogP contribution in [0.5, 0.6) is 0 Å². The van der Waals surface area contributed by atoms with Crippen LogP contribution in [-0.4, -0.2) is 27.0 Å². The van der Waals surface area contributed by atoms with Crippen molar-refractivity contribution >= 4 is 17.1 Å². The summed E-state index contributed by atoms with van der Waals surface area (Å²) in [5, 5.41) is 2.96. The molecule has 0 fully saturated rings. The van der Waals surface area contributed by atoms with Gasteiger partial charge in [0.25, 0.3) is 5.91 Å². The predicted octanol–water partition coefficient (Wildman–Crippen LogP) is 2.67. The minimum absolute atomic E-state index is 0.158. The van der Waals surface area contributed by atoms with Crippen LogP contribution in [0, 0.1) is 0 Å². The molecule has 0 spiro atoms. The molecule has 7 nitrogen and oxygen atoms in total. The number of pyridine rings is 1. The van der Waals surface area contributed by atoms with Crippen molar-refractivity contribution in [3.05, 3.63) is 110 Å². The zero-order chi connectivity index (χ0) is 21.8. The maximum Gasteiger partial charge on any atom is 0.318 e. The topological polar surface area (TPSA) is 96.9 Å². The molecule has 0 aliphatic carbocycles. The summed E-state index contributed by atoms with van der Waals surface area (Å²) in [5.74, 6) is 0.0445. The maximum absolute atomic E-state index is 12.5. The Hall–Kier alpha value is -4.00. The smallest absolute Gasteiger partial charge is 0.318 e. The molecule has 7 heteroatoms. The molecule has 0 saturated carbocycles. The number of hydrogen-bond acceptors (Lipinski definition) is 4. The maximum atomic E-state index is 12.5. The molecule has 31 heavy (non-hydrogen) atoms. The van der Waals surface area contributed by atoms with Gasteiger partial charge in [0.05, 0.1) is 12.1 Å². The molecule has 0 saturated heterocycles. The highest BCUT2D eigenvalue weighted by Crippen LogP contribution is 2.14. The first-order valence-corrected chi connectivity index (χ1v) is 10.0. The van der Waals surface area contributed by atoms with Crippen LogP contribution in [0.3, 0.4) is 0 Å². The summed E-state index contributed by atoms with van der Waals surface area (Å²) < 4.78 is 1.34. The lowest BCUT2D eigenvalue weighted by Gasteiger charge is -2.13. The van der Waals surface area contributed by atoms with Gasteiger partial charge in [-0.05, 0) is 41.3 Å². The SMILES string of the molecule is CC(CNC(=O)c1ccc(Cn2c(=O)c(=O)[nH]c3cccnc32)cc1)c1ccccc1. The monoisotopic (exact) mass is 414 g/mol. The van der Waals surface area contributed by atoms with Crippen LogP contribution in [0.1, 0.15) is 34.3 Å². The van der Waals surface area contributed by atoms with Gasteiger partial charge in [-0.1, -0.05) is 49.4 Å². The van der Waals surface area contributed by atoms with E-state index in [-0.39, 0.29) is 18.4 Å². The molecule has 2 aromatic carbocycles. The second kappa shape index (κ2) is 8.79. The summed E-state index contributed by atoms with van der Waals surface area (Å²) in [4.78, 5) is 43.6. The van der Waals surface area contributed by atoms with Crippen molar-refractivity contribution in [2.75, 3.05) is 6.54 Å². The predicted molar refractivity (Wildman–Crippen MR) is 119 cm³/mol. The van der Waals surface area contributed by atoms with Crippen LogP contribution in [0.25, 0.3) is 11.2 Å². The number of hydrogen-bond donors (Lipinski definition) is 2. The molecule has 4 aromatic rings. The van der Waals surface area contributed by atoms with E-state index in [1.165, 1.54) is 10.1 Å². The quantitative estimate of drug-likeness (QED) is 0.474. The second-order valence-corrected chi connectivity index (χ2v) is 7.44. The molecule has 4 rings (SSSR count). The van der Waals surface area contributed by atoms with Crippen LogP contribution in [0.4, 0.5) is 0 Å². The van der Waals surface area contributed by atoms with Crippen molar-refractivity contribution in [1.82, 2.24) is 19.9 Å². The van der Waals surface area contributed by atoms with Gasteiger partial charge in [-0.15, -0.1) is 0 Å². The van der Waals surface area contributed by atoms with Gasteiger partial charge in [0, 0.05) is 18.3 Å². The van der Waals surface area contributed by atoms with Crippen LogP contribution in [0.15, 0.2) is 82.5 Å². The number of benzene rings is 2. The average Bonchev–Trinajstić information content (AvgIpc) is 2.81. The number of carbonyl (C=O) groups excluding carboxylic acids is 1. The standard InChI is InChI=1S/C24H22N4O3/c1-16(18-6-3-2-4-7-18)14-26-22(29)19-11-9-17(10-12-19)15-28-21-20(8-5-13-25-21)27-23(30)24(28)31/h2-13,16H,14-15H2,1H3,(H,26,29)(H,27,30). The van der Waals surface area contributed by atoms with Gasteiger partial charge in [0.15, 0.2) is 5.65 Å². The Kier molecular flexibility index (Phi) is 5.75. The molecule has 2 aromatic heterocycles. The highest BCUT2D eigenvalue weighted by Gasteiger charge is 2.11. The Bertz CT molecular complexity index is 1330. The lowest BCUT2D eigenvalue weighted by Crippen LogP contribution is -2.37. The molecule has 2 heterocycles. The molecule has 0 radical (unpaired) electrons. The minimum atomic E-state index is -0.691. The Morgan fingerprint density at radius 1 is 1.03 bits per heavy atom. The fourth-order valence-electron chi connectivity index (χ4n) is 3.44. The number of amides is 1. The summed E-state index contributed by atoms with van der Waals surface area (Å²) in [7, 11) is 0. The summed E-state index contributed by atoms with van der Waals surface area (Å²) >= 11 is 0. The van der Waals surface area contributed by atoms with Gasteiger partial charge in [0.1, 0.15) is 0 Å². The molecule has 156 valence electrons. The third kappa shape index (κ3) is 4.45. The molecule has 1 unspecified atom stereocenters. The normalized spacial score (nSPS) is 11.9. The Morgan fingerprint density at radius 3 is 2.52 bits per heavy atom. The molecule has 2 N–H and O–H groups in total. The molecular weight excluding hydrogens is 392 g/mol. The third-order valence-corrected chi connectivity index (χ3v) is 5.22. The number of aromatic nitrogens is 3. The Balaban J connectivity index is 1.47. The summed E-state index contributed by atoms with van der Waals surface area (Å²) in [6, 6.07) is 20.4. The van der Waals surface area contributed by atoms with Gasteiger partial charge in [0.2, 0.25) is 0 Å². The fraction of sp³-hybridized carbons (Fsp3) is 0.167. The van der Waals surface area contributed by atoms with Crippen molar-refractivity contribution in [2.45, 2.75) is 19.4 Å². The molecule has 0 aliphatic rings. The van der Waals surface area contributed by atoms with Crippen LogP contribution < -0.4 is 16.4 Å². The van der Waals surface area contributed by atoms with Gasteiger partial charge in [-0.2, -0.15) is 0 Å². The third-order valence-electron chi connectivity index (χ3n) is 5.22. The minimum Gasteiger partial charge on any atom is -0.351 e. The number of H-pyrrole nitrogens is 1. The van der Waals surface area contributed by atoms with Crippen molar-refractivity contribution < 1.29 is 4.79 Å². The number of aromatic amines is 1. The zero-order valence-electron chi connectivity index (χ0n) is 17.0. The lowest BCUT2D eigenvalue weighted by molar-refractivity contribution is 0.0951. The summed E-state index contributed by atoms with van der Waals surface area (Å²) in [6.45, 7) is 2.78. The van der Waals surface area contributed by atoms with Gasteiger partial charge in [-0.3, -0.25) is 19.0 Å². The second-order valence-electron chi connectivity index (χ2n) is 7.44. The summed E-state index contributed by atoms with van der Waals surface area (Å²) in [5.41, 5.74) is 2.03. The number of nitrogens with one attached hydrogen (secondary N) is 2. The van der Waals surface area contributed by atoms with E-state index < -0.39 is 11.1 Å². The molecule has 0 aliphatic heterocycles. The highest BCUT2D eigenvalue weighted by molar-refractivity contribution is 5.94. The Labute approximate surface area is 178 Å². The first-order valence-electron chi connectivity index (χ1n) is 10.0. The van der Waals surface area contributed by atoms with E-state index in [2.05, 4.69) is 22.2 Å². The van der Waals surface area contributed by atoms with Crippen LogP contribution >= 0.6 is 0 Å². The molecule has 1 amide bonds. The lowest BCUT2D eigenvalue weighted by atomic mass is 10.0. The number of rotatable bonds is 6. The number of carbonyl (C=O) groups is 1. The van der Waals surface area contributed by atoms with Crippen molar-refractivity contribution in [1.29, 1.82) is 0 Å². The van der Waals surface area contributed by atoms with Crippen molar-refractivity contribution in [2.24, 2.45) is 0 Å². The van der Waals surface area contributed by atoms with Crippen molar-refractivity contribution in [3.8, 4) is 0 Å². The van der Waals surface area contributed by atoms with E-state index in [1.54, 1.807) is 42.6 Å². The van der Waals surface area contributed by atoms with E-state index in [4.69, 9.17) is 0 Å². The molecular formula is C24H22N4O3.